The summed E-state index contributed by atoms with van der Waals surface area (Å²) in [5, 5.41) is -0.353. The molecule has 0 radical (unpaired) electrons. The highest BCUT2D eigenvalue weighted by Crippen LogP contribution is 2.24. The van der Waals surface area contributed by atoms with Crippen LogP contribution in [0, 0.1) is 0 Å². The van der Waals surface area contributed by atoms with Gasteiger partial charge in [0, 0.05) is 25.9 Å². The van der Waals surface area contributed by atoms with Gasteiger partial charge in [-0.1, -0.05) is 0 Å². The summed E-state index contributed by atoms with van der Waals surface area (Å²) >= 11 is 0. The lowest BCUT2D eigenvalue weighted by atomic mass is 10.2. The van der Waals surface area contributed by atoms with Crippen LogP contribution in [0.15, 0.2) is 24.3 Å². The van der Waals surface area contributed by atoms with Crippen LogP contribution in [0.5, 0.6) is 0 Å². The number of sulfonamides is 1. The Morgan fingerprint density at radius 3 is 2.33 bits per heavy atom. The zero-order chi connectivity index (χ0) is 13.2. The van der Waals surface area contributed by atoms with Gasteiger partial charge in [-0.2, -0.15) is 0 Å². The van der Waals surface area contributed by atoms with E-state index in [1.165, 1.54) is 4.31 Å². The number of benzene rings is 1. The molecule has 0 unspecified atom stereocenters. The van der Waals surface area contributed by atoms with E-state index in [9.17, 15) is 8.42 Å². The van der Waals surface area contributed by atoms with Crippen molar-refractivity contribution >= 4 is 21.4 Å². The predicted molar refractivity (Wildman–Crippen MR) is 72.0 cm³/mol. The highest BCUT2D eigenvalue weighted by Gasteiger charge is 2.31. The highest BCUT2D eigenvalue weighted by molar-refractivity contribution is 7.93. The molecule has 1 aromatic carbocycles. The zero-order valence-electron chi connectivity index (χ0n) is 10.4. The van der Waals surface area contributed by atoms with Gasteiger partial charge in [-0.15, -0.1) is 0 Å². The van der Waals surface area contributed by atoms with E-state index in [4.69, 9.17) is 10.5 Å². The molecule has 0 amide bonds. The first-order valence-corrected chi connectivity index (χ1v) is 7.43. The van der Waals surface area contributed by atoms with Gasteiger partial charge in [0.25, 0.3) is 0 Å². The Kier molecular flexibility index (Phi) is 3.77. The van der Waals surface area contributed by atoms with Crippen LogP contribution in [0.3, 0.4) is 0 Å². The second kappa shape index (κ2) is 5.16. The number of hydrogen-bond acceptors (Lipinski definition) is 4. The predicted octanol–water partition coefficient (Wildman–Crippen LogP) is 1.21. The number of nitrogens with two attached hydrogens (primary N) is 1. The molecule has 0 bridgehead atoms. The number of nitrogens with zero attached hydrogens (tertiary/aromatic N) is 1. The van der Waals surface area contributed by atoms with Crippen molar-refractivity contribution in [2.45, 2.75) is 18.1 Å². The average Bonchev–Trinajstić information content (AvgIpc) is 2.40. The fraction of sp³-hybridized carbons (Fsp3) is 0.500. The van der Waals surface area contributed by atoms with Gasteiger partial charge in [-0.3, -0.25) is 4.31 Å². The lowest BCUT2D eigenvalue weighted by molar-refractivity contribution is 0.0983. The van der Waals surface area contributed by atoms with Gasteiger partial charge in [-0.25, -0.2) is 8.42 Å². The van der Waals surface area contributed by atoms with Gasteiger partial charge in [-0.05, 0) is 37.1 Å². The Bertz CT molecular complexity index is 493. The maximum Gasteiger partial charge on any atom is 0.237 e. The SMILES string of the molecule is CN(c1ccc(N)cc1)S(=O)(=O)C1CCOCC1. The zero-order valence-corrected chi connectivity index (χ0v) is 11.2. The van der Waals surface area contributed by atoms with Crippen molar-refractivity contribution in [2.75, 3.05) is 30.3 Å². The van der Waals surface area contributed by atoms with Gasteiger partial charge in [0.05, 0.1) is 10.9 Å². The van der Waals surface area contributed by atoms with E-state index in [-0.39, 0.29) is 5.25 Å². The molecule has 0 aliphatic carbocycles. The molecule has 18 heavy (non-hydrogen) atoms. The topological polar surface area (TPSA) is 72.6 Å². The normalized spacial score (nSPS) is 17.6. The minimum Gasteiger partial charge on any atom is -0.399 e. The molecule has 1 aliphatic heterocycles. The Morgan fingerprint density at radius 1 is 1.22 bits per heavy atom. The Balaban J connectivity index is 2.20. The lowest BCUT2D eigenvalue weighted by Crippen LogP contribution is -2.39. The molecule has 5 nitrogen and oxygen atoms in total. The molecule has 2 rings (SSSR count). The smallest absolute Gasteiger partial charge is 0.237 e. The van der Waals surface area contributed by atoms with Gasteiger partial charge >= 0.3 is 0 Å². The standard InChI is InChI=1S/C12H18N2O3S/c1-14(11-4-2-10(13)3-5-11)18(15,16)12-6-8-17-9-7-12/h2-5,12H,6-9,13H2,1H3. The average molecular weight is 270 g/mol. The van der Waals surface area contributed by atoms with E-state index in [1.807, 2.05) is 0 Å². The maximum atomic E-state index is 12.4. The second-order valence-electron chi connectivity index (χ2n) is 4.42. The van der Waals surface area contributed by atoms with E-state index in [0.717, 1.165) is 0 Å². The monoisotopic (exact) mass is 270 g/mol. The number of anilines is 2. The fourth-order valence-corrected chi connectivity index (χ4v) is 3.68. The second-order valence-corrected chi connectivity index (χ2v) is 6.66. The van der Waals surface area contributed by atoms with Crippen LogP contribution in [-0.2, 0) is 14.8 Å². The first-order valence-electron chi connectivity index (χ1n) is 5.93. The number of ether oxygens (including phenoxy) is 1. The van der Waals surface area contributed by atoms with Crippen molar-refractivity contribution < 1.29 is 13.2 Å². The van der Waals surface area contributed by atoms with E-state index in [1.54, 1.807) is 31.3 Å². The molecule has 1 aromatic rings. The maximum absolute atomic E-state index is 12.4. The minimum atomic E-state index is -3.32. The summed E-state index contributed by atoms with van der Waals surface area (Å²) in [5.74, 6) is 0. The molecule has 1 heterocycles. The first kappa shape index (κ1) is 13.2. The molecule has 0 saturated carbocycles. The summed E-state index contributed by atoms with van der Waals surface area (Å²) < 4.78 is 31.4. The molecule has 2 N–H and O–H groups in total. The van der Waals surface area contributed by atoms with Crippen LogP contribution in [0.25, 0.3) is 0 Å². The molecule has 1 fully saturated rings. The Labute approximate surface area is 108 Å². The number of rotatable bonds is 3. The van der Waals surface area contributed by atoms with E-state index < -0.39 is 10.0 Å². The largest absolute Gasteiger partial charge is 0.399 e. The third kappa shape index (κ3) is 2.59. The van der Waals surface area contributed by atoms with Crippen LogP contribution in [0.2, 0.25) is 0 Å². The highest BCUT2D eigenvalue weighted by atomic mass is 32.2. The van der Waals surface area contributed by atoms with E-state index in [2.05, 4.69) is 0 Å². The van der Waals surface area contributed by atoms with Crippen LogP contribution in [0.4, 0.5) is 11.4 Å². The number of nitrogen functional groups attached to an aromatic ring is 1. The quantitative estimate of drug-likeness (QED) is 0.838. The number of hydrogen-bond donors (Lipinski definition) is 1. The summed E-state index contributed by atoms with van der Waals surface area (Å²) in [6, 6.07) is 6.83. The third-order valence-electron chi connectivity index (χ3n) is 3.23. The molecule has 0 spiro atoms. The van der Waals surface area contributed by atoms with Crippen molar-refractivity contribution in [1.29, 1.82) is 0 Å². The molecule has 1 aliphatic rings. The lowest BCUT2D eigenvalue weighted by Gasteiger charge is -2.28. The molecule has 0 atom stereocenters. The van der Waals surface area contributed by atoms with Crippen molar-refractivity contribution in [3.63, 3.8) is 0 Å². The van der Waals surface area contributed by atoms with Gasteiger partial charge in [0.15, 0.2) is 0 Å². The van der Waals surface area contributed by atoms with Crippen LogP contribution in [-0.4, -0.2) is 33.9 Å². The molecule has 6 heteroatoms. The first-order chi connectivity index (χ1) is 8.51. The van der Waals surface area contributed by atoms with Gasteiger partial charge in [0.1, 0.15) is 0 Å². The van der Waals surface area contributed by atoms with Crippen LogP contribution >= 0.6 is 0 Å². The van der Waals surface area contributed by atoms with Crippen molar-refractivity contribution in [1.82, 2.24) is 0 Å². The summed E-state index contributed by atoms with van der Waals surface area (Å²) in [6.45, 7) is 1.03. The molecule has 100 valence electrons. The van der Waals surface area contributed by atoms with E-state index >= 15 is 0 Å². The third-order valence-corrected chi connectivity index (χ3v) is 5.52. The van der Waals surface area contributed by atoms with Gasteiger partial charge < -0.3 is 10.5 Å². The van der Waals surface area contributed by atoms with Gasteiger partial charge in [0.2, 0.25) is 10.0 Å². The summed E-state index contributed by atoms with van der Waals surface area (Å²) in [5.41, 5.74) is 6.85. The van der Waals surface area contributed by atoms with Crippen LogP contribution in [0.1, 0.15) is 12.8 Å². The summed E-state index contributed by atoms with van der Waals surface area (Å²) in [6.07, 6.45) is 1.11. The molecule has 1 saturated heterocycles. The molecule has 0 aromatic heterocycles. The minimum absolute atomic E-state index is 0.353. The molecular formula is C12H18N2O3S. The van der Waals surface area contributed by atoms with Crippen molar-refractivity contribution in [2.24, 2.45) is 0 Å². The Morgan fingerprint density at radius 2 is 1.78 bits per heavy atom. The van der Waals surface area contributed by atoms with Crippen LogP contribution < -0.4 is 10.0 Å². The fourth-order valence-electron chi connectivity index (χ4n) is 2.03. The summed E-state index contributed by atoms with van der Waals surface area (Å²) in [7, 11) is -1.74. The van der Waals surface area contributed by atoms with Crippen molar-refractivity contribution in [3.8, 4) is 0 Å². The Hall–Kier alpha value is -1.27. The molecular weight excluding hydrogens is 252 g/mol. The van der Waals surface area contributed by atoms with E-state index in [0.29, 0.717) is 37.4 Å². The van der Waals surface area contributed by atoms with Crippen molar-refractivity contribution in [3.05, 3.63) is 24.3 Å². The summed E-state index contributed by atoms with van der Waals surface area (Å²) in [4.78, 5) is 0.